The molecule has 0 aliphatic carbocycles. The highest BCUT2D eigenvalue weighted by Gasteiger charge is 2.19. The molecule has 0 aliphatic heterocycles. The normalized spacial score (nSPS) is 13.0. The fraction of sp³-hybridized carbons (Fsp3) is 0.200. The van der Waals surface area contributed by atoms with Crippen LogP contribution in [0.15, 0.2) is 42.6 Å². The lowest BCUT2D eigenvalue weighted by Crippen LogP contribution is -2.16. The molecule has 15 heavy (non-hydrogen) atoms. The number of hydrogen-bond donors (Lipinski definition) is 1. The van der Waals surface area contributed by atoms with Gasteiger partial charge in [-0.25, -0.2) is 0 Å². The monoisotopic (exact) mass is 333 g/mol. The first kappa shape index (κ1) is 11.0. The average molecular weight is 335 g/mol. The molecule has 0 fully saturated rings. The Hall–Kier alpha value is -0.520. The summed E-state index contributed by atoms with van der Waals surface area (Å²) < 4.78 is 12.1. The van der Waals surface area contributed by atoms with Gasteiger partial charge >= 0.3 is 0 Å². The summed E-state index contributed by atoms with van der Waals surface area (Å²) in [5.74, 6) is 0.839. The maximum Gasteiger partial charge on any atom is 0.174 e. The van der Waals surface area contributed by atoms with Crippen molar-refractivity contribution in [2.24, 2.45) is 0 Å². The lowest BCUT2D eigenvalue weighted by Gasteiger charge is -2.11. The standard InChI is InChI=1S/C10H9Br2NO2/c1-13-9(6-4-5-14-10(6)12)7-2-3-8(11)15-7/h2-5,9,13H,1H3. The van der Waals surface area contributed by atoms with Gasteiger partial charge in [-0.05, 0) is 57.1 Å². The first-order valence-corrected chi connectivity index (χ1v) is 5.96. The Morgan fingerprint density at radius 3 is 2.53 bits per heavy atom. The van der Waals surface area contributed by atoms with E-state index < -0.39 is 0 Å². The van der Waals surface area contributed by atoms with E-state index in [0.717, 1.165) is 20.7 Å². The molecule has 1 N–H and O–H groups in total. The summed E-state index contributed by atoms with van der Waals surface area (Å²) in [4.78, 5) is 0. The van der Waals surface area contributed by atoms with Crippen LogP contribution in [-0.2, 0) is 0 Å². The van der Waals surface area contributed by atoms with E-state index in [9.17, 15) is 0 Å². The van der Waals surface area contributed by atoms with Crippen LogP contribution in [0.1, 0.15) is 17.4 Å². The Morgan fingerprint density at radius 2 is 2.07 bits per heavy atom. The van der Waals surface area contributed by atoms with Crippen LogP contribution in [0.2, 0.25) is 0 Å². The molecule has 0 saturated carbocycles. The third kappa shape index (κ3) is 2.19. The Balaban J connectivity index is 2.36. The van der Waals surface area contributed by atoms with Crippen molar-refractivity contribution in [3.05, 3.63) is 45.1 Å². The molecular formula is C10H9Br2NO2. The molecule has 2 aromatic rings. The van der Waals surface area contributed by atoms with Crippen LogP contribution in [0.25, 0.3) is 0 Å². The summed E-state index contributed by atoms with van der Waals surface area (Å²) >= 11 is 6.63. The van der Waals surface area contributed by atoms with Crippen LogP contribution in [0.4, 0.5) is 0 Å². The largest absolute Gasteiger partial charge is 0.457 e. The molecule has 1 atom stereocenters. The lowest BCUT2D eigenvalue weighted by atomic mass is 10.1. The van der Waals surface area contributed by atoms with Crippen LogP contribution < -0.4 is 5.32 Å². The molecule has 0 bridgehead atoms. The van der Waals surface area contributed by atoms with Gasteiger partial charge in [0.1, 0.15) is 5.76 Å². The number of halogens is 2. The van der Waals surface area contributed by atoms with Gasteiger partial charge in [0.05, 0.1) is 12.3 Å². The van der Waals surface area contributed by atoms with E-state index in [1.54, 1.807) is 6.26 Å². The molecule has 0 radical (unpaired) electrons. The second kappa shape index (κ2) is 4.55. The van der Waals surface area contributed by atoms with Crippen LogP contribution in [0.3, 0.4) is 0 Å². The van der Waals surface area contributed by atoms with Crippen molar-refractivity contribution in [1.82, 2.24) is 5.32 Å². The summed E-state index contributed by atoms with van der Waals surface area (Å²) in [6.07, 6.45) is 1.64. The smallest absolute Gasteiger partial charge is 0.174 e. The summed E-state index contributed by atoms with van der Waals surface area (Å²) in [5.41, 5.74) is 1.01. The molecule has 0 aliphatic rings. The van der Waals surface area contributed by atoms with Crippen molar-refractivity contribution in [2.45, 2.75) is 6.04 Å². The van der Waals surface area contributed by atoms with Crippen LogP contribution in [0, 0.1) is 0 Å². The van der Waals surface area contributed by atoms with Crippen LogP contribution >= 0.6 is 31.9 Å². The SMILES string of the molecule is CNC(c1ccc(Br)o1)c1ccoc1Br. The molecule has 80 valence electrons. The Labute approximate surface area is 104 Å². The van der Waals surface area contributed by atoms with E-state index in [2.05, 4.69) is 37.2 Å². The Morgan fingerprint density at radius 1 is 1.27 bits per heavy atom. The van der Waals surface area contributed by atoms with Gasteiger partial charge in [-0.15, -0.1) is 0 Å². The molecule has 0 amide bonds. The minimum Gasteiger partial charge on any atom is -0.457 e. The van der Waals surface area contributed by atoms with Crippen LogP contribution in [-0.4, -0.2) is 7.05 Å². The molecular weight excluding hydrogens is 326 g/mol. The van der Waals surface area contributed by atoms with Gasteiger partial charge in [-0.2, -0.15) is 0 Å². The quantitative estimate of drug-likeness (QED) is 0.930. The number of hydrogen-bond acceptors (Lipinski definition) is 3. The summed E-state index contributed by atoms with van der Waals surface area (Å²) in [6.45, 7) is 0. The minimum atomic E-state index is -0.00979. The third-order valence-electron chi connectivity index (χ3n) is 2.12. The summed E-state index contributed by atoms with van der Waals surface area (Å²) in [7, 11) is 1.88. The number of rotatable bonds is 3. The van der Waals surface area contributed by atoms with Gasteiger partial charge in [0.15, 0.2) is 9.34 Å². The van der Waals surface area contributed by atoms with Crippen molar-refractivity contribution in [1.29, 1.82) is 0 Å². The number of nitrogens with one attached hydrogen (secondary N) is 1. The fourth-order valence-electron chi connectivity index (χ4n) is 1.44. The van der Waals surface area contributed by atoms with E-state index >= 15 is 0 Å². The van der Waals surface area contributed by atoms with E-state index in [1.807, 2.05) is 25.2 Å². The zero-order valence-corrected chi connectivity index (χ0v) is 11.1. The lowest BCUT2D eigenvalue weighted by molar-refractivity contribution is 0.442. The van der Waals surface area contributed by atoms with E-state index in [1.165, 1.54) is 0 Å². The average Bonchev–Trinajstić information content (AvgIpc) is 2.79. The number of furan rings is 2. The van der Waals surface area contributed by atoms with Gasteiger partial charge in [-0.3, -0.25) is 0 Å². The molecule has 2 heterocycles. The molecule has 2 rings (SSSR count). The molecule has 5 heteroatoms. The topological polar surface area (TPSA) is 38.3 Å². The second-order valence-corrected chi connectivity index (χ2v) is 4.52. The Kier molecular flexibility index (Phi) is 3.33. The zero-order valence-electron chi connectivity index (χ0n) is 7.96. The predicted molar refractivity (Wildman–Crippen MR) is 63.7 cm³/mol. The van der Waals surface area contributed by atoms with Crippen LogP contribution in [0.5, 0.6) is 0 Å². The van der Waals surface area contributed by atoms with Crippen molar-refractivity contribution < 1.29 is 8.83 Å². The minimum absolute atomic E-state index is 0.00979. The van der Waals surface area contributed by atoms with Crippen molar-refractivity contribution >= 4 is 31.9 Å². The van der Waals surface area contributed by atoms with Gasteiger partial charge in [0.25, 0.3) is 0 Å². The zero-order chi connectivity index (χ0) is 10.8. The van der Waals surface area contributed by atoms with E-state index in [4.69, 9.17) is 8.83 Å². The molecule has 3 nitrogen and oxygen atoms in total. The highest BCUT2D eigenvalue weighted by Crippen LogP contribution is 2.31. The highest BCUT2D eigenvalue weighted by atomic mass is 79.9. The van der Waals surface area contributed by atoms with Gasteiger partial charge in [-0.1, -0.05) is 0 Å². The molecule has 0 saturated heterocycles. The van der Waals surface area contributed by atoms with E-state index in [-0.39, 0.29) is 6.04 Å². The van der Waals surface area contributed by atoms with E-state index in [0.29, 0.717) is 0 Å². The third-order valence-corrected chi connectivity index (χ3v) is 3.20. The van der Waals surface area contributed by atoms with Crippen molar-refractivity contribution in [3.8, 4) is 0 Å². The van der Waals surface area contributed by atoms with Gasteiger partial charge in [0, 0.05) is 5.56 Å². The predicted octanol–water partition coefficient (Wildman–Crippen LogP) is 3.71. The van der Waals surface area contributed by atoms with Crippen molar-refractivity contribution in [2.75, 3.05) is 7.05 Å². The molecule has 0 aromatic carbocycles. The highest BCUT2D eigenvalue weighted by molar-refractivity contribution is 9.10. The van der Waals surface area contributed by atoms with Gasteiger partial charge in [0.2, 0.25) is 0 Å². The van der Waals surface area contributed by atoms with Crippen molar-refractivity contribution in [3.63, 3.8) is 0 Å². The summed E-state index contributed by atoms with van der Waals surface area (Å²) in [6, 6.07) is 5.68. The first-order valence-electron chi connectivity index (χ1n) is 4.37. The maximum atomic E-state index is 5.51. The molecule has 0 spiro atoms. The van der Waals surface area contributed by atoms with Gasteiger partial charge < -0.3 is 14.2 Å². The summed E-state index contributed by atoms with van der Waals surface area (Å²) in [5, 5.41) is 3.17. The fourth-order valence-corrected chi connectivity index (χ4v) is 2.23. The second-order valence-electron chi connectivity index (χ2n) is 3.01. The first-order chi connectivity index (χ1) is 7.22. The maximum absolute atomic E-state index is 5.51. The molecule has 1 unspecified atom stereocenters. The molecule has 2 aromatic heterocycles. The Bertz CT molecular complexity index is 450.